The van der Waals surface area contributed by atoms with Gasteiger partial charge in [-0.1, -0.05) is 31.0 Å². The van der Waals surface area contributed by atoms with Gasteiger partial charge < -0.3 is 9.64 Å². The maximum absolute atomic E-state index is 12.3. The number of nitrogens with zero attached hydrogens (tertiary/aromatic N) is 2. The largest absolute Gasteiger partial charge is 0.454 e. The minimum Gasteiger partial charge on any atom is -0.454 e. The van der Waals surface area contributed by atoms with Crippen LogP contribution in [0.15, 0.2) is 30.3 Å². The third-order valence-corrected chi connectivity index (χ3v) is 5.09. The van der Waals surface area contributed by atoms with Crippen molar-refractivity contribution in [2.45, 2.75) is 25.7 Å². The van der Waals surface area contributed by atoms with E-state index in [2.05, 4.69) is 0 Å². The van der Waals surface area contributed by atoms with Gasteiger partial charge in [-0.15, -0.1) is 0 Å². The van der Waals surface area contributed by atoms with Crippen molar-refractivity contribution in [2.75, 3.05) is 25.1 Å². The first kappa shape index (κ1) is 18.1. The standard InChI is InChI=1S/C19H22N2O5/c1-20(13-7-3-2-4-8-13)16(22)12-26-17(23)11-21-18(24)14-9-5-6-10-15(14)19(21)25/h2-4,7-8,14-15H,5-6,9-12H2,1H3/t14-,15+. The number of anilines is 1. The van der Waals surface area contributed by atoms with E-state index in [-0.39, 0.29) is 23.7 Å². The van der Waals surface area contributed by atoms with Crippen molar-refractivity contribution in [2.24, 2.45) is 11.8 Å². The molecule has 0 aromatic heterocycles. The molecule has 0 bridgehead atoms. The monoisotopic (exact) mass is 358 g/mol. The lowest BCUT2D eigenvalue weighted by Crippen LogP contribution is -2.38. The van der Waals surface area contributed by atoms with E-state index in [1.54, 1.807) is 31.3 Å². The fraction of sp³-hybridized carbons (Fsp3) is 0.474. The molecule has 7 nitrogen and oxygen atoms in total. The molecular formula is C19H22N2O5. The third kappa shape index (κ3) is 3.61. The molecule has 1 aromatic rings. The van der Waals surface area contributed by atoms with Gasteiger partial charge in [0.1, 0.15) is 6.54 Å². The normalized spacial score (nSPS) is 22.1. The SMILES string of the molecule is CN(C(=O)COC(=O)CN1C(=O)[C@H]2CCCC[C@H]2C1=O)c1ccccc1. The molecule has 2 fully saturated rings. The van der Waals surface area contributed by atoms with Gasteiger partial charge in [0.05, 0.1) is 11.8 Å². The number of hydrogen-bond donors (Lipinski definition) is 0. The molecule has 1 saturated heterocycles. The molecule has 0 unspecified atom stereocenters. The molecule has 0 radical (unpaired) electrons. The van der Waals surface area contributed by atoms with Gasteiger partial charge in [-0.25, -0.2) is 0 Å². The molecule has 2 aliphatic rings. The van der Waals surface area contributed by atoms with Crippen LogP contribution in [0.1, 0.15) is 25.7 Å². The van der Waals surface area contributed by atoms with Crippen LogP contribution in [-0.4, -0.2) is 48.8 Å². The Kier molecular flexibility index (Phi) is 5.35. The van der Waals surface area contributed by atoms with Gasteiger partial charge in [0, 0.05) is 12.7 Å². The van der Waals surface area contributed by atoms with Crippen molar-refractivity contribution in [3.05, 3.63) is 30.3 Å². The molecule has 0 N–H and O–H groups in total. The lowest BCUT2D eigenvalue weighted by atomic mass is 9.81. The highest BCUT2D eigenvalue weighted by Crippen LogP contribution is 2.37. The molecular weight excluding hydrogens is 336 g/mol. The molecule has 26 heavy (non-hydrogen) atoms. The Balaban J connectivity index is 1.52. The van der Waals surface area contributed by atoms with Gasteiger partial charge in [0.25, 0.3) is 5.91 Å². The van der Waals surface area contributed by atoms with Crippen LogP contribution in [0.4, 0.5) is 5.69 Å². The van der Waals surface area contributed by atoms with Crippen molar-refractivity contribution in [3.8, 4) is 0 Å². The van der Waals surface area contributed by atoms with Crippen LogP contribution in [0, 0.1) is 11.8 Å². The molecule has 1 aliphatic carbocycles. The van der Waals surface area contributed by atoms with Gasteiger partial charge in [-0.05, 0) is 25.0 Å². The van der Waals surface area contributed by atoms with Gasteiger partial charge >= 0.3 is 5.97 Å². The summed E-state index contributed by atoms with van der Waals surface area (Å²) in [6.07, 6.45) is 3.25. The number of carbonyl (C=O) groups is 4. The first-order valence-corrected chi connectivity index (χ1v) is 8.81. The molecule has 2 atom stereocenters. The zero-order valence-corrected chi connectivity index (χ0v) is 14.7. The van der Waals surface area contributed by atoms with E-state index in [9.17, 15) is 19.2 Å². The van der Waals surface area contributed by atoms with Crippen LogP contribution in [-0.2, 0) is 23.9 Å². The number of likely N-dealkylation sites (N-methyl/N-ethyl adjacent to an activating group) is 1. The van der Waals surface area contributed by atoms with Crippen LogP contribution in [0.5, 0.6) is 0 Å². The number of esters is 1. The Morgan fingerprint density at radius 2 is 1.65 bits per heavy atom. The summed E-state index contributed by atoms with van der Waals surface area (Å²) in [6, 6.07) is 8.97. The molecule has 3 amide bonds. The van der Waals surface area contributed by atoms with E-state index < -0.39 is 25.0 Å². The van der Waals surface area contributed by atoms with Crippen LogP contribution < -0.4 is 4.90 Å². The third-order valence-electron chi connectivity index (χ3n) is 5.09. The number of benzene rings is 1. The molecule has 1 aromatic carbocycles. The van der Waals surface area contributed by atoms with E-state index >= 15 is 0 Å². The summed E-state index contributed by atoms with van der Waals surface area (Å²) in [6.45, 7) is -0.861. The lowest BCUT2D eigenvalue weighted by Gasteiger charge is -2.19. The second-order valence-electron chi connectivity index (χ2n) is 6.71. The number of likely N-dealkylation sites (tertiary alicyclic amines) is 1. The summed E-state index contributed by atoms with van der Waals surface area (Å²) in [5.41, 5.74) is 0.683. The van der Waals surface area contributed by atoms with Gasteiger partial charge in [0.15, 0.2) is 6.61 Å². The highest BCUT2D eigenvalue weighted by atomic mass is 16.5. The predicted molar refractivity (Wildman–Crippen MR) is 93.0 cm³/mol. The highest BCUT2D eigenvalue weighted by molar-refractivity contribution is 6.07. The van der Waals surface area contributed by atoms with Gasteiger partial charge in [-0.2, -0.15) is 0 Å². The Morgan fingerprint density at radius 1 is 1.08 bits per heavy atom. The Morgan fingerprint density at radius 3 is 2.23 bits per heavy atom. The van der Waals surface area contributed by atoms with Crippen LogP contribution in [0.25, 0.3) is 0 Å². The Labute approximate surface area is 151 Å². The quantitative estimate of drug-likeness (QED) is 0.586. The number of hydrogen-bond acceptors (Lipinski definition) is 5. The summed E-state index contributed by atoms with van der Waals surface area (Å²) >= 11 is 0. The number of carbonyl (C=O) groups excluding carboxylic acids is 4. The van der Waals surface area contributed by atoms with E-state index in [1.807, 2.05) is 6.07 Å². The van der Waals surface area contributed by atoms with Crippen LogP contribution >= 0.6 is 0 Å². The minimum absolute atomic E-state index is 0.288. The molecule has 7 heteroatoms. The van der Waals surface area contributed by atoms with Gasteiger partial charge in [0.2, 0.25) is 11.8 Å². The van der Waals surface area contributed by atoms with Crippen molar-refractivity contribution in [3.63, 3.8) is 0 Å². The van der Waals surface area contributed by atoms with E-state index in [1.165, 1.54) is 4.90 Å². The van der Waals surface area contributed by atoms with Crippen molar-refractivity contribution < 1.29 is 23.9 Å². The fourth-order valence-corrected chi connectivity index (χ4v) is 3.60. The smallest absolute Gasteiger partial charge is 0.326 e. The second-order valence-corrected chi connectivity index (χ2v) is 6.71. The van der Waals surface area contributed by atoms with E-state index in [4.69, 9.17) is 4.74 Å². The maximum Gasteiger partial charge on any atom is 0.326 e. The van der Waals surface area contributed by atoms with Gasteiger partial charge in [-0.3, -0.25) is 24.1 Å². The minimum atomic E-state index is -0.750. The van der Waals surface area contributed by atoms with Crippen LogP contribution in [0.2, 0.25) is 0 Å². The first-order valence-electron chi connectivity index (χ1n) is 8.81. The van der Waals surface area contributed by atoms with Crippen LogP contribution in [0.3, 0.4) is 0 Å². The number of rotatable bonds is 5. The fourth-order valence-electron chi connectivity index (χ4n) is 3.60. The maximum atomic E-state index is 12.3. The second kappa shape index (κ2) is 7.68. The Hall–Kier alpha value is -2.70. The average Bonchev–Trinajstić information content (AvgIpc) is 2.91. The topological polar surface area (TPSA) is 84.0 Å². The number of imide groups is 1. The van der Waals surface area contributed by atoms with Crippen molar-refractivity contribution >= 4 is 29.4 Å². The number of ether oxygens (including phenoxy) is 1. The molecule has 1 aliphatic heterocycles. The van der Waals surface area contributed by atoms with E-state index in [0.717, 1.165) is 17.7 Å². The first-order chi connectivity index (χ1) is 12.5. The average molecular weight is 358 g/mol. The van der Waals surface area contributed by atoms with E-state index in [0.29, 0.717) is 18.5 Å². The summed E-state index contributed by atoms with van der Waals surface area (Å²) in [5, 5.41) is 0. The molecule has 0 spiro atoms. The highest BCUT2D eigenvalue weighted by Gasteiger charge is 2.48. The summed E-state index contributed by atoms with van der Waals surface area (Å²) < 4.78 is 4.98. The number of para-hydroxylation sites is 1. The number of amides is 3. The molecule has 138 valence electrons. The predicted octanol–water partition coefficient (Wildman–Crippen LogP) is 1.37. The summed E-state index contributed by atoms with van der Waals surface area (Å²) in [7, 11) is 1.59. The summed E-state index contributed by atoms with van der Waals surface area (Å²) in [5.74, 6) is -2.31. The molecule has 3 rings (SSSR count). The molecule has 1 saturated carbocycles. The lowest BCUT2D eigenvalue weighted by molar-refractivity contribution is -0.154. The molecule has 1 heterocycles. The summed E-state index contributed by atoms with van der Waals surface area (Å²) in [4.78, 5) is 51.2. The zero-order valence-electron chi connectivity index (χ0n) is 14.7. The zero-order chi connectivity index (χ0) is 18.7. The Bertz CT molecular complexity index is 694. The van der Waals surface area contributed by atoms with Crippen molar-refractivity contribution in [1.29, 1.82) is 0 Å². The number of fused-ring (bicyclic) bond motifs is 1. The van der Waals surface area contributed by atoms with Crippen molar-refractivity contribution in [1.82, 2.24) is 4.90 Å².